The maximum Gasteiger partial charge on any atom is 0.258 e. The number of amides is 2. The summed E-state index contributed by atoms with van der Waals surface area (Å²) in [5, 5.41) is 0. The summed E-state index contributed by atoms with van der Waals surface area (Å²) in [5.74, 6) is 0.559. The van der Waals surface area contributed by atoms with Crippen molar-refractivity contribution in [2.45, 2.75) is 52.1 Å². The summed E-state index contributed by atoms with van der Waals surface area (Å²) >= 11 is 0. The van der Waals surface area contributed by atoms with E-state index in [0.717, 1.165) is 11.3 Å². The molecule has 1 aliphatic heterocycles. The van der Waals surface area contributed by atoms with E-state index in [1.807, 2.05) is 61.8 Å². The Hall–Kier alpha value is -2.82. The molecule has 0 spiro atoms. The molecule has 2 unspecified atom stereocenters. The zero-order valence-corrected chi connectivity index (χ0v) is 17.9. The molecule has 2 aromatic rings. The monoisotopic (exact) mass is 394 g/mol. The van der Waals surface area contributed by atoms with Crippen molar-refractivity contribution >= 4 is 17.5 Å². The largest absolute Gasteiger partial charge is 0.497 e. The molecule has 29 heavy (non-hydrogen) atoms. The first kappa shape index (κ1) is 20.9. The molecule has 2 atom stereocenters. The van der Waals surface area contributed by atoms with E-state index >= 15 is 0 Å². The highest BCUT2D eigenvalue weighted by molar-refractivity contribution is 6.08. The fourth-order valence-electron chi connectivity index (χ4n) is 4.20. The first-order chi connectivity index (χ1) is 13.9. The third-order valence-corrected chi connectivity index (χ3v) is 5.69. The van der Waals surface area contributed by atoms with Crippen LogP contribution in [0.2, 0.25) is 0 Å². The second kappa shape index (κ2) is 8.68. The number of hydrogen-bond acceptors (Lipinski definition) is 3. The fourth-order valence-corrected chi connectivity index (χ4v) is 4.20. The minimum Gasteiger partial charge on any atom is -0.497 e. The highest BCUT2D eigenvalue weighted by Gasteiger charge is 2.38. The van der Waals surface area contributed by atoms with Gasteiger partial charge in [-0.3, -0.25) is 9.59 Å². The Balaban J connectivity index is 1.98. The van der Waals surface area contributed by atoms with Crippen molar-refractivity contribution in [1.29, 1.82) is 0 Å². The summed E-state index contributed by atoms with van der Waals surface area (Å²) in [4.78, 5) is 30.4. The van der Waals surface area contributed by atoms with Gasteiger partial charge in [0.05, 0.1) is 13.0 Å². The lowest BCUT2D eigenvalue weighted by atomic mass is 9.84. The molecule has 3 rings (SSSR count). The average molecular weight is 395 g/mol. The maximum atomic E-state index is 13.3. The molecule has 0 radical (unpaired) electrons. The number of likely N-dealkylation sites (N-methyl/N-ethyl adjacent to an activating group) is 1. The van der Waals surface area contributed by atoms with Gasteiger partial charge in [0, 0.05) is 29.9 Å². The van der Waals surface area contributed by atoms with Gasteiger partial charge in [0.25, 0.3) is 5.91 Å². The van der Waals surface area contributed by atoms with Crippen LogP contribution in [0.5, 0.6) is 5.75 Å². The van der Waals surface area contributed by atoms with Crippen LogP contribution in [-0.4, -0.2) is 42.5 Å². The van der Waals surface area contributed by atoms with Crippen LogP contribution >= 0.6 is 0 Å². The Morgan fingerprint density at radius 2 is 1.79 bits per heavy atom. The van der Waals surface area contributed by atoms with Crippen LogP contribution in [0.15, 0.2) is 48.5 Å². The number of fused-ring (bicyclic) bond motifs is 1. The summed E-state index contributed by atoms with van der Waals surface area (Å²) in [6.07, 6.45) is 0.612. The number of ether oxygens (including phenoxy) is 1. The Morgan fingerprint density at radius 1 is 1.14 bits per heavy atom. The molecule has 5 heteroatoms. The second-order valence-corrected chi connectivity index (χ2v) is 7.82. The van der Waals surface area contributed by atoms with Crippen LogP contribution in [0.3, 0.4) is 0 Å². The number of rotatable bonds is 5. The minimum absolute atomic E-state index is 0.0605. The predicted molar refractivity (Wildman–Crippen MR) is 116 cm³/mol. The van der Waals surface area contributed by atoms with Crippen molar-refractivity contribution in [3.63, 3.8) is 0 Å². The van der Waals surface area contributed by atoms with Gasteiger partial charge < -0.3 is 14.5 Å². The molecule has 0 aromatic heterocycles. The quantitative estimate of drug-likeness (QED) is 0.752. The highest BCUT2D eigenvalue weighted by atomic mass is 16.5. The van der Waals surface area contributed by atoms with E-state index in [0.29, 0.717) is 24.3 Å². The van der Waals surface area contributed by atoms with Crippen LogP contribution < -0.4 is 9.64 Å². The van der Waals surface area contributed by atoms with Gasteiger partial charge in [-0.2, -0.15) is 0 Å². The molecule has 0 aliphatic carbocycles. The van der Waals surface area contributed by atoms with Crippen LogP contribution in [0.25, 0.3) is 0 Å². The van der Waals surface area contributed by atoms with Crippen molar-refractivity contribution in [2.24, 2.45) is 0 Å². The fraction of sp³-hybridized carbons (Fsp3) is 0.417. The summed E-state index contributed by atoms with van der Waals surface area (Å²) in [6, 6.07) is 15.0. The number of anilines is 1. The summed E-state index contributed by atoms with van der Waals surface area (Å²) in [6.45, 7) is 8.79. The molecule has 0 saturated heterocycles. The number of para-hydroxylation sites is 1. The molecule has 5 nitrogen and oxygen atoms in total. The third kappa shape index (κ3) is 4.00. The predicted octanol–water partition coefficient (Wildman–Crippen LogP) is 4.47. The average Bonchev–Trinajstić information content (AvgIpc) is 2.73. The third-order valence-electron chi connectivity index (χ3n) is 5.69. The lowest BCUT2D eigenvalue weighted by Crippen LogP contribution is -2.47. The lowest BCUT2D eigenvalue weighted by Gasteiger charge is -2.41. The number of hydrogen-bond donors (Lipinski definition) is 0. The summed E-state index contributed by atoms with van der Waals surface area (Å²) in [5.41, 5.74) is 2.36. The van der Waals surface area contributed by atoms with Crippen molar-refractivity contribution < 1.29 is 14.3 Å². The Morgan fingerprint density at radius 3 is 2.38 bits per heavy atom. The molecule has 154 valence electrons. The van der Waals surface area contributed by atoms with Crippen LogP contribution in [0.4, 0.5) is 5.69 Å². The van der Waals surface area contributed by atoms with E-state index < -0.39 is 0 Å². The molecule has 1 heterocycles. The molecular formula is C24H30N2O3. The molecule has 0 N–H and O–H groups in total. The van der Waals surface area contributed by atoms with Gasteiger partial charge in [0.1, 0.15) is 5.75 Å². The SMILES string of the molecule is CCN(C(=O)C1CC(C)N(C(=O)c2ccc(OC)cc2)c2ccccc21)C(C)C. The number of nitrogens with zero attached hydrogens (tertiary/aromatic N) is 2. The van der Waals surface area contributed by atoms with Crippen LogP contribution in [0.1, 0.15) is 56.0 Å². The van der Waals surface area contributed by atoms with E-state index in [-0.39, 0.29) is 29.8 Å². The first-order valence-corrected chi connectivity index (χ1v) is 10.3. The van der Waals surface area contributed by atoms with E-state index in [4.69, 9.17) is 4.74 Å². The summed E-state index contributed by atoms with van der Waals surface area (Å²) in [7, 11) is 1.60. The zero-order chi connectivity index (χ0) is 21.1. The van der Waals surface area contributed by atoms with E-state index in [2.05, 4.69) is 0 Å². The normalized spacial score (nSPS) is 18.3. The van der Waals surface area contributed by atoms with Crippen LogP contribution in [0, 0.1) is 0 Å². The first-order valence-electron chi connectivity index (χ1n) is 10.3. The van der Waals surface area contributed by atoms with Crippen molar-refractivity contribution in [3.8, 4) is 5.75 Å². The number of methoxy groups -OCH3 is 1. The zero-order valence-electron chi connectivity index (χ0n) is 17.9. The highest BCUT2D eigenvalue weighted by Crippen LogP contribution is 2.40. The number of benzene rings is 2. The van der Waals surface area contributed by atoms with Crippen molar-refractivity contribution in [1.82, 2.24) is 4.90 Å². The number of carbonyl (C=O) groups is 2. The molecule has 2 amide bonds. The maximum absolute atomic E-state index is 13.3. The summed E-state index contributed by atoms with van der Waals surface area (Å²) < 4.78 is 5.20. The molecule has 2 aromatic carbocycles. The van der Waals surface area contributed by atoms with E-state index in [9.17, 15) is 9.59 Å². The molecule has 0 fully saturated rings. The molecule has 1 aliphatic rings. The van der Waals surface area contributed by atoms with E-state index in [1.165, 1.54) is 0 Å². The van der Waals surface area contributed by atoms with Crippen molar-refractivity contribution in [2.75, 3.05) is 18.6 Å². The van der Waals surface area contributed by atoms with Gasteiger partial charge in [-0.25, -0.2) is 0 Å². The smallest absolute Gasteiger partial charge is 0.258 e. The van der Waals surface area contributed by atoms with Gasteiger partial charge in [-0.15, -0.1) is 0 Å². The van der Waals surface area contributed by atoms with E-state index in [1.54, 1.807) is 31.4 Å². The lowest BCUT2D eigenvalue weighted by molar-refractivity contribution is -0.134. The molecular weight excluding hydrogens is 364 g/mol. The van der Waals surface area contributed by atoms with Gasteiger partial charge in [0.2, 0.25) is 5.91 Å². The topological polar surface area (TPSA) is 49.9 Å². The van der Waals surface area contributed by atoms with Crippen LogP contribution in [-0.2, 0) is 4.79 Å². The molecule has 0 bridgehead atoms. The Kier molecular flexibility index (Phi) is 6.26. The Labute approximate surface area is 173 Å². The Bertz CT molecular complexity index is 876. The van der Waals surface area contributed by atoms with Gasteiger partial charge in [-0.1, -0.05) is 18.2 Å². The standard InChI is InChI=1S/C24H30N2O3/c1-6-25(16(2)3)24(28)21-15-17(4)26(22-10-8-7-9-20(21)22)23(27)18-11-13-19(29-5)14-12-18/h7-14,16-17,21H,6,15H2,1-5H3. The van der Waals surface area contributed by atoms with Gasteiger partial charge >= 0.3 is 0 Å². The van der Waals surface area contributed by atoms with Gasteiger partial charge in [-0.05, 0) is 70.0 Å². The van der Waals surface area contributed by atoms with Crippen molar-refractivity contribution in [3.05, 3.63) is 59.7 Å². The molecule has 0 saturated carbocycles. The van der Waals surface area contributed by atoms with Gasteiger partial charge in [0.15, 0.2) is 0 Å². The minimum atomic E-state index is -0.233. The second-order valence-electron chi connectivity index (χ2n) is 7.82. The number of carbonyl (C=O) groups excluding carboxylic acids is 2.